The number of aliphatic hydroxyl groups is 2. The Kier molecular flexibility index (Phi) is 3.09. The summed E-state index contributed by atoms with van der Waals surface area (Å²) in [5.41, 5.74) is 6.37. The van der Waals surface area contributed by atoms with Crippen LogP contribution < -0.4 is 16.0 Å². The molecule has 0 radical (unpaired) electrons. The number of aromatic nitrogens is 2. The fourth-order valence-electron chi connectivity index (χ4n) is 2.36. The first-order chi connectivity index (χ1) is 9.10. The Balaban J connectivity index is 1.87. The Morgan fingerprint density at radius 1 is 1.53 bits per heavy atom. The first kappa shape index (κ1) is 12.7. The minimum atomic E-state index is -0.700. The van der Waals surface area contributed by atoms with Gasteiger partial charge in [0.2, 0.25) is 5.28 Å². The summed E-state index contributed by atoms with van der Waals surface area (Å²) in [4.78, 5) is 9.80. The van der Waals surface area contributed by atoms with Gasteiger partial charge in [-0.3, -0.25) is 0 Å². The molecule has 1 saturated heterocycles. The van der Waals surface area contributed by atoms with Gasteiger partial charge >= 0.3 is 0 Å². The lowest BCUT2D eigenvalue weighted by atomic mass is 10.2. The SMILES string of the molecule is Nc1nc(Cl)nc2c1NCN2[C@H]1C[C@H](O)[C@@H](CO)O1. The third kappa shape index (κ3) is 2.06. The first-order valence-corrected chi connectivity index (χ1v) is 6.26. The molecule has 0 bridgehead atoms. The third-order valence-corrected chi connectivity index (χ3v) is 3.49. The van der Waals surface area contributed by atoms with Crippen LogP contribution in [-0.4, -0.2) is 51.9 Å². The van der Waals surface area contributed by atoms with Crippen molar-refractivity contribution in [2.45, 2.75) is 24.9 Å². The molecule has 104 valence electrons. The van der Waals surface area contributed by atoms with Crippen LogP contribution in [0.2, 0.25) is 5.28 Å². The molecule has 0 aliphatic carbocycles. The summed E-state index contributed by atoms with van der Waals surface area (Å²) in [7, 11) is 0. The maximum atomic E-state index is 9.76. The Bertz CT molecular complexity index is 502. The molecule has 1 aromatic heterocycles. The van der Waals surface area contributed by atoms with Gasteiger partial charge in [-0.25, -0.2) is 0 Å². The van der Waals surface area contributed by atoms with E-state index in [0.29, 0.717) is 24.6 Å². The van der Waals surface area contributed by atoms with E-state index >= 15 is 0 Å². The van der Waals surface area contributed by atoms with Crippen LogP contribution in [-0.2, 0) is 4.74 Å². The summed E-state index contributed by atoms with van der Waals surface area (Å²) >= 11 is 5.80. The summed E-state index contributed by atoms with van der Waals surface area (Å²) in [6.07, 6.45) is -1.28. The summed E-state index contributed by atoms with van der Waals surface area (Å²) in [6, 6.07) is 0. The van der Waals surface area contributed by atoms with Crippen molar-refractivity contribution in [3.63, 3.8) is 0 Å². The molecular weight excluding hydrogens is 274 g/mol. The van der Waals surface area contributed by atoms with Crippen LogP contribution in [0.1, 0.15) is 6.42 Å². The molecular formula is C10H14ClN5O3. The van der Waals surface area contributed by atoms with Gasteiger partial charge in [-0.05, 0) is 11.6 Å². The monoisotopic (exact) mass is 287 g/mol. The Hall–Kier alpha value is -1.35. The lowest BCUT2D eigenvalue weighted by molar-refractivity contribution is -0.0218. The number of nitrogens with one attached hydrogen (secondary N) is 1. The highest BCUT2D eigenvalue weighted by atomic mass is 35.5. The van der Waals surface area contributed by atoms with Crippen molar-refractivity contribution in [2.75, 3.05) is 29.2 Å². The van der Waals surface area contributed by atoms with Crippen molar-refractivity contribution >= 4 is 28.9 Å². The van der Waals surface area contributed by atoms with Gasteiger partial charge in [-0.15, -0.1) is 0 Å². The molecule has 2 aliphatic heterocycles. The van der Waals surface area contributed by atoms with Gasteiger partial charge in [0.15, 0.2) is 11.6 Å². The first-order valence-electron chi connectivity index (χ1n) is 5.88. The van der Waals surface area contributed by atoms with E-state index in [9.17, 15) is 5.11 Å². The molecule has 1 aromatic rings. The summed E-state index contributed by atoms with van der Waals surface area (Å²) in [5.74, 6) is 0.822. The molecule has 19 heavy (non-hydrogen) atoms. The van der Waals surface area contributed by atoms with Crippen molar-refractivity contribution in [3.05, 3.63) is 5.28 Å². The van der Waals surface area contributed by atoms with Crippen LogP contribution in [0.25, 0.3) is 0 Å². The number of ether oxygens (including phenoxy) is 1. The quantitative estimate of drug-likeness (QED) is 0.531. The number of aliphatic hydroxyl groups excluding tert-OH is 2. The van der Waals surface area contributed by atoms with Gasteiger partial charge in [0, 0.05) is 6.42 Å². The molecule has 5 N–H and O–H groups in total. The van der Waals surface area contributed by atoms with Crippen LogP contribution in [0, 0.1) is 0 Å². The number of halogens is 1. The largest absolute Gasteiger partial charge is 0.394 e. The molecule has 0 spiro atoms. The highest BCUT2D eigenvalue weighted by Crippen LogP contribution is 2.38. The number of anilines is 3. The van der Waals surface area contributed by atoms with E-state index in [1.165, 1.54) is 0 Å². The molecule has 2 aliphatic rings. The van der Waals surface area contributed by atoms with E-state index in [4.69, 9.17) is 27.2 Å². The summed E-state index contributed by atoms with van der Waals surface area (Å²) in [6.45, 7) is 0.211. The molecule has 1 fully saturated rings. The molecule has 0 amide bonds. The average Bonchev–Trinajstić information content (AvgIpc) is 2.92. The Morgan fingerprint density at radius 3 is 3.00 bits per heavy atom. The summed E-state index contributed by atoms with van der Waals surface area (Å²) in [5, 5.41) is 22.0. The number of rotatable bonds is 2. The van der Waals surface area contributed by atoms with Gasteiger partial charge in [0.1, 0.15) is 18.0 Å². The molecule has 8 nitrogen and oxygen atoms in total. The smallest absolute Gasteiger partial charge is 0.226 e. The van der Waals surface area contributed by atoms with Gasteiger partial charge in [-0.1, -0.05) is 0 Å². The van der Waals surface area contributed by atoms with E-state index in [-0.39, 0.29) is 23.9 Å². The Morgan fingerprint density at radius 2 is 2.32 bits per heavy atom. The molecule has 3 heterocycles. The number of hydrogen-bond acceptors (Lipinski definition) is 8. The van der Waals surface area contributed by atoms with Crippen LogP contribution in [0.4, 0.5) is 17.3 Å². The van der Waals surface area contributed by atoms with Crippen LogP contribution in [0.3, 0.4) is 0 Å². The second-order valence-electron chi connectivity index (χ2n) is 4.50. The van der Waals surface area contributed by atoms with Crippen molar-refractivity contribution < 1.29 is 14.9 Å². The topological polar surface area (TPSA) is 117 Å². The van der Waals surface area contributed by atoms with Gasteiger partial charge in [0.05, 0.1) is 19.4 Å². The van der Waals surface area contributed by atoms with E-state index in [1.54, 1.807) is 4.90 Å². The van der Waals surface area contributed by atoms with Gasteiger partial charge in [-0.2, -0.15) is 9.97 Å². The minimum absolute atomic E-state index is 0.0576. The lowest BCUT2D eigenvalue weighted by Gasteiger charge is -2.24. The molecule has 0 unspecified atom stereocenters. The highest BCUT2D eigenvalue weighted by Gasteiger charge is 2.40. The zero-order valence-electron chi connectivity index (χ0n) is 9.95. The summed E-state index contributed by atoms with van der Waals surface area (Å²) < 4.78 is 5.58. The average molecular weight is 288 g/mol. The zero-order valence-corrected chi connectivity index (χ0v) is 10.7. The normalized spacial score (nSPS) is 29.4. The minimum Gasteiger partial charge on any atom is -0.394 e. The lowest BCUT2D eigenvalue weighted by Crippen LogP contribution is -2.35. The van der Waals surface area contributed by atoms with Crippen molar-refractivity contribution in [1.82, 2.24) is 9.97 Å². The van der Waals surface area contributed by atoms with E-state index in [0.717, 1.165) is 0 Å². The second kappa shape index (κ2) is 4.64. The standard InChI is InChI=1S/C10H14ClN5O3/c11-10-14-8(12)7-9(15-10)16(3-13-7)6-1-4(18)5(2-17)19-6/h4-6,13,17-18H,1-3H2,(H2,12,14,15)/t4-,5+,6+/m0/s1. The molecule has 9 heteroatoms. The number of nitrogens with zero attached hydrogens (tertiary/aromatic N) is 3. The molecule has 3 atom stereocenters. The van der Waals surface area contributed by atoms with Gasteiger partial charge < -0.3 is 30.9 Å². The number of nitrogen functional groups attached to an aromatic ring is 1. The van der Waals surface area contributed by atoms with Gasteiger partial charge in [0.25, 0.3) is 0 Å². The van der Waals surface area contributed by atoms with E-state index in [2.05, 4.69) is 15.3 Å². The number of hydrogen-bond donors (Lipinski definition) is 4. The van der Waals surface area contributed by atoms with Crippen molar-refractivity contribution in [3.8, 4) is 0 Å². The zero-order chi connectivity index (χ0) is 13.6. The Labute approximate surface area is 114 Å². The van der Waals surface area contributed by atoms with Crippen LogP contribution in [0.5, 0.6) is 0 Å². The fourth-order valence-corrected chi connectivity index (χ4v) is 2.54. The maximum absolute atomic E-state index is 9.76. The maximum Gasteiger partial charge on any atom is 0.226 e. The van der Waals surface area contributed by atoms with E-state index < -0.39 is 12.2 Å². The molecule has 0 saturated carbocycles. The van der Waals surface area contributed by atoms with Crippen LogP contribution >= 0.6 is 11.6 Å². The van der Waals surface area contributed by atoms with Crippen LogP contribution in [0.15, 0.2) is 0 Å². The molecule has 0 aromatic carbocycles. The molecule has 3 rings (SSSR count). The number of fused-ring (bicyclic) bond motifs is 1. The third-order valence-electron chi connectivity index (χ3n) is 3.32. The predicted octanol–water partition coefficient (Wildman–Crippen LogP) is -0.630. The van der Waals surface area contributed by atoms with Crippen molar-refractivity contribution in [1.29, 1.82) is 0 Å². The highest BCUT2D eigenvalue weighted by molar-refractivity contribution is 6.28. The van der Waals surface area contributed by atoms with Crippen molar-refractivity contribution in [2.24, 2.45) is 0 Å². The fraction of sp³-hybridized carbons (Fsp3) is 0.600. The van der Waals surface area contributed by atoms with E-state index in [1.807, 2.05) is 0 Å². The predicted molar refractivity (Wildman–Crippen MR) is 68.8 cm³/mol. The number of nitrogens with two attached hydrogens (primary N) is 1. The second-order valence-corrected chi connectivity index (χ2v) is 4.83.